The quantitative estimate of drug-likeness (QED) is 0.495. The number of piperazine rings is 1. The van der Waals surface area contributed by atoms with Crippen molar-refractivity contribution in [1.29, 1.82) is 0 Å². The molecule has 8 nitrogen and oxygen atoms in total. The lowest BCUT2D eigenvalue weighted by Crippen LogP contribution is -2.51. The summed E-state index contributed by atoms with van der Waals surface area (Å²) in [7, 11) is 3.17. The topological polar surface area (TPSA) is 88.3 Å². The Balaban J connectivity index is 1.41. The molecule has 2 aliphatic heterocycles. The predicted molar refractivity (Wildman–Crippen MR) is 148 cm³/mol. The smallest absolute Gasteiger partial charge is 0.264 e. The van der Waals surface area contributed by atoms with Crippen molar-refractivity contribution >= 4 is 17.5 Å². The number of amides is 2. The zero-order valence-electron chi connectivity index (χ0n) is 22.7. The highest BCUT2D eigenvalue weighted by atomic mass is 16.5. The molecule has 0 radical (unpaired) electrons. The summed E-state index contributed by atoms with van der Waals surface area (Å²) in [5, 5.41) is 0. The number of nitrogens with zero attached hydrogens (tertiary/aromatic N) is 3. The van der Waals surface area contributed by atoms with Gasteiger partial charge >= 0.3 is 0 Å². The van der Waals surface area contributed by atoms with Crippen molar-refractivity contribution in [1.82, 2.24) is 9.80 Å². The number of nitrogens with two attached hydrogens (primary N) is 1. The highest BCUT2D eigenvalue weighted by molar-refractivity contribution is 6.24. The largest absolute Gasteiger partial charge is 0.493 e. The highest BCUT2D eigenvalue weighted by Crippen LogP contribution is 2.40. The number of methoxy groups -OCH3 is 2. The summed E-state index contributed by atoms with van der Waals surface area (Å²) < 4.78 is 10.9. The van der Waals surface area contributed by atoms with Crippen LogP contribution in [0.25, 0.3) is 0 Å². The molecule has 204 valence electrons. The molecule has 1 atom stereocenters. The first-order chi connectivity index (χ1) is 18.6. The van der Waals surface area contributed by atoms with Crippen LogP contribution in [0.3, 0.4) is 0 Å². The van der Waals surface area contributed by atoms with Crippen LogP contribution in [0.5, 0.6) is 11.5 Å². The minimum atomic E-state index is -0.443. The normalized spacial score (nSPS) is 19.6. The first kappa shape index (κ1) is 26.5. The van der Waals surface area contributed by atoms with Crippen molar-refractivity contribution in [2.75, 3.05) is 51.8 Å². The Kier molecular flexibility index (Phi) is 8.19. The van der Waals surface area contributed by atoms with E-state index in [-0.39, 0.29) is 11.8 Å². The SMILES string of the molecule is COc1ccc(C(CCCN)N2C(=O)c3cccc(N4CCN(C5CCCCC5)CC4)c3C2=O)cc1OC. The molecule has 8 heteroatoms. The molecule has 2 amide bonds. The van der Waals surface area contributed by atoms with Crippen LogP contribution < -0.4 is 20.1 Å². The fraction of sp³-hybridized carbons (Fsp3) is 0.533. The number of carbonyl (C=O) groups excluding carboxylic acids is 2. The van der Waals surface area contributed by atoms with Gasteiger partial charge in [0.1, 0.15) is 0 Å². The van der Waals surface area contributed by atoms with Crippen LogP contribution in [0.2, 0.25) is 0 Å². The van der Waals surface area contributed by atoms with E-state index >= 15 is 0 Å². The molecule has 2 heterocycles. The number of fused-ring (bicyclic) bond motifs is 1. The van der Waals surface area contributed by atoms with E-state index in [1.807, 2.05) is 30.3 Å². The number of hydrogen-bond acceptors (Lipinski definition) is 7. The van der Waals surface area contributed by atoms with Crippen LogP contribution in [0.1, 0.15) is 77.3 Å². The van der Waals surface area contributed by atoms with Gasteiger partial charge < -0.3 is 20.1 Å². The third-order valence-corrected chi connectivity index (χ3v) is 8.46. The lowest BCUT2D eigenvalue weighted by Gasteiger charge is -2.41. The number of hydrogen-bond donors (Lipinski definition) is 1. The number of imide groups is 1. The van der Waals surface area contributed by atoms with Crippen molar-refractivity contribution in [3.05, 3.63) is 53.1 Å². The van der Waals surface area contributed by atoms with Crippen molar-refractivity contribution in [2.45, 2.75) is 57.0 Å². The van der Waals surface area contributed by atoms with Gasteiger partial charge in [0.05, 0.1) is 37.1 Å². The summed E-state index contributed by atoms with van der Waals surface area (Å²) in [5.41, 5.74) is 8.57. The first-order valence-electron chi connectivity index (χ1n) is 14.0. The van der Waals surface area contributed by atoms with Gasteiger partial charge in [-0.05, 0) is 62.1 Å². The van der Waals surface area contributed by atoms with Crippen LogP contribution in [0.15, 0.2) is 36.4 Å². The molecule has 2 N–H and O–H groups in total. The van der Waals surface area contributed by atoms with Gasteiger partial charge in [0, 0.05) is 32.2 Å². The van der Waals surface area contributed by atoms with Gasteiger partial charge in [-0.2, -0.15) is 0 Å². The summed E-state index contributed by atoms with van der Waals surface area (Å²) in [6, 6.07) is 11.5. The first-order valence-corrected chi connectivity index (χ1v) is 14.0. The predicted octanol–water partition coefficient (Wildman–Crippen LogP) is 4.23. The summed E-state index contributed by atoms with van der Waals surface area (Å²) in [4.78, 5) is 34.1. The van der Waals surface area contributed by atoms with Gasteiger partial charge in [0.25, 0.3) is 11.8 Å². The molecule has 0 bridgehead atoms. The molecule has 1 aliphatic carbocycles. The lowest BCUT2D eigenvalue weighted by atomic mass is 9.93. The maximum absolute atomic E-state index is 14.0. The second kappa shape index (κ2) is 11.7. The van der Waals surface area contributed by atoms with E-state index < -0.39 is 6.04 Å². The van der Waals surface area contributed by atoms with Crippen LogP contribution in [0, 0.1) is 0 Å². The molecule has 1 saturated carbocycles. The summed E-state index contributed by atoms with van der Waals surface area (Å²) in [6.45, 7) is 4.18. The van der Waals surface area contributed by atoms with E-state index in [4.69, 9.17) is 15.2 Å². The average Bonchev–Trinajstić information content (AvgIpc) is 3.23. The van der Waals surface area contributed by atoms with Crippen molar-refractivity contribution in [3.63, 3.8) is 0 Å². The lowest BCUT2D eigenvalue weighted by molar-refractivity contribution is 0.0572. The Bertz CT molecular complexity index is 1150. The van der Waals surface area contributed by atoms with Gasteiger partial charge in [0.2, 0.25) is 0 Å². The molecule has 0 spiro atoms. The highest BCUT2D eigenvalue weighted by Gasteiger charge is 2.43. The molecule has 2 fully saturated rings. The van der Waals surface area contributed by atoms with Crippen LogP contribution in [-0.2, 0) is 0 Å². The van der Waals surface area contributed by atoms with Gasteiger partial charge in [-0.1, -0.05) is 31.4 Å². The van der Waals surface area contributed by atoms with Gasteiger partial charge in [-0.25, -0.2) is 0 Å². The summed E-state index contributed by atoms with van der Waals surface area (Å²) in [5.74, 6) is 0.693. The van der Waals surface area contributed by atoms with E-state index in [0.717, 1.165) is 37.4 Å². The number of rotatable bonds is 9. The molecule has 5 rings (SSSR count). The second-order valence-electron chi connectivity index (χ2n) is 10.6. The Labute approximate surface area is 225 Å². The minimum absolute atomic E-state index is 0.230. The monoisotopic (exact) mass is 520 g/mol. The van der Waals surface area contributed by atoms with E-state index in [9.17, 15) is 9.59 Å². The van der Waals surface area contributed by atoms with Crippen LogP contribution >= 0.6 is 0 Å². The van der Waals surface area contributed by atoms with Crippen LogP contribution in [-0.4, -0.2) is 74.6 Å². The van der Waals surface area contributed by atoms with Crippen molar-refractivity contribution in [2.24, 2.45) is 5.73 Å². The molecular formula is C30H40N4O4. The van der Waals surface area contributed by atoms with Gasteiger partial charge in [-0.3, -0.25) is 19.4 Å². The third-order valence-electron chi connectivity index (χ3n) is 8.46. The molecule has 1 unspecified atom stereocenters. The molecule has 0 aromatic heterocycles. The fourth-order valence-electron chi connectivity index (χ4n) is 6.42. The Morgan fingerprint density at radius 1 is 0.921 bits per heavy atom. The zero-order chi connectivity index (χ0) is 26.6. The number of benzene rings is 2. The Morgan fingerprint density at radius 2 is 1.66 bits per heavy atom. The maximum Gasteiger partial charge on any atom is 0.264 e. The number of ether oxygens (including phenoxy) is 2. The van der Waals surface area contributed by atoms with Crippen LogP contribution in [0.4, 0.5) is 5.69 Å². The van der Waals surface area contributed by atoms with Gasteiger partial charge in [-0.15, -0.1) is 0 Å². The Hall–Kier alpha value is -3.10. The fourth-order valence-corrected chi connectivity index (χ4v) is 6.42. The number of carbonyl (C=O) groups is 2. The summed E-state index contributed by atoms with van der Waals surface area (Å²) >= 11 is 0. The van der Waals surface area contributed by atoms with E-state index in [1.54, 1.807) is 20.3 Å². The van der Waals surface area contributed by atoms with E-state index in [2.05, 4.69) is 9.80 Å². The molecule has 3 aliphatic rings. The van der Waals surface area contributed by atoms with E-state index in [1.165, 1.54) is 37.0 Å². The van der Waals surface area contributed by atoms with Crippen molar-refractivity contribution < 1.29 is 19.1 Å². The third kappa shape index (κ3) is 4.99. The standard InChI is InChI=1S/C30H40N4O4/c1-37-26-14-13-21(20-27(26)38-2)24(12-7-15-31)34-29(35)23-10-6-11-25(28(23)30(34)36)33-18-16-32(17-19-33)22-8-4-3-5-9-22/h6,10-11,13-14,20,22,24H,3-5,7-9,12,15-19,31H2,1-2H3. The van der Waals surface area contributed by atoms with E-state index in [0.29, 0.717) is 48.1 Å². The van der Waals surface area contributed by atoms with Gasteiger partial charge in [0.15, 0.2) is 11.5 Å². The maximum atomic E-state index is 14.0. The molecular weight excluding hydrogens is 480 g/mol. The number of anilines is 1. The summed E-state index contributed by atoms with van der Waals surface area (Å²) in [6.07, 6.45) is 7.86. The minimum Gasteiger partial charge on any atom is -0.493 e. The molecule has 38 heavy (non-hydrogen) atoms. The molecule has 2 aromatic carbocycles. The second-order valence-corrected chi connectivity index (χ2v) is 10.6. The average molecular weight is 521 g/mol. The van der Waals surface area contributed by atoms with Crippen molar-refractivity contribution in [3.8, 4) is 11.5 Å². The molecule has 1 saturated heterocycles. The molecule has 2 aromatic rings. The zero-order valence-corrected chi connectivity index (χ0v) is 22.7. The Morgan fingerprint density at radius 3 is 2.34 bits per heavy atom.